The van der Waals surface area contributed by atoms with Crippen LogP contribution in [-0.2, 0) is 21.1 Å². The van der Waals surface area contributed by atoms with Crippen molar-refractivity contribution in [3.63, 3.8) is 0 Å². The van der Waals surface area contributed by atoms with Crippen LogP contribution in [0.1, 0.15) is 19.3 Å². The predicted molar refractivity (Wildman–Crippen MR) is 122 cm³/mol. The summed E-state index contributed by atoms with van der Waals surface area (Å²) in [5, 5.41) is 3.68. The highest BCUT2D eigenvalue weighted by Gasteiger charge is 2.18. The lowest BCUT2D eigenvalue weighted by atomic mass is 10.1. The molecule has 0 atom stereocenters. The molecule has 9 nitrogen and oxygen atoms in total. The Labute approximate surface area is 194 Å². The van der Waals surface area contributed by atoms with Crippen molar-refractivity contribution in [1.82, 2.24) is 14.5 Å². The minimum absolute atomic E-state index is 0.0409. The number of fused-ring (bicyclic) bond motifs is 1. The van der Waals surface area contributed by atoms with Crippen molar-refractivity contribution in [1.29, 1.82) is 0 Å². The van der Waals surface area contributed by atoms with E-state index in [1.807, 2.05) is 0 Å². The molecular formula is C22H24F2N4O5S. The fourth-order valence-corrected chi connectivity index (χ4v) is 4.32. The van der Waals surface area contributed by atoms with E-state index >= 15 is 0 Å². The molecule has 0 bridgehead atoms. The molecule has 0 aliphatic carbocycles. The molecule has 1 N–H and O–H groups in total. The zero-order chi connectivity index (χ0) is 24.3. The molecule has 1 aliphatic heterocycles. The van der Waals surface area contributed by atoms with Gasteiger partial charge in [-0.3, -0.25) is 9.36 Å². The largest absolute Gasteiger partial charge is 0.448 e. The molecule has 34 heavy (non-hydrogen) atoms. The molecule has 12 heteroatoms. The minimum Gasteiger partial charge on any atom is -0.448 e. The molecule has 0 spiro atoms. The van der Waals surface area contributed by atoms with Gasteiger partial charge in [-0.25, -0.2) is 22.2 Å². The van der Waals surface area contributed by atoms with Gasteiger partial charge in [0.15, 0.2) is 17.3 Å². The average Bonchev–Trinajstić information content (AvgIpc) is 2.78. The maximum Gasteiger partial charge on any atom is 0.295 e. The maximum absolute atomic E-state index is 14.1. The Morgan fingerprint density at radius 2 is 1.97 bits per heavy atom. The fraction of sp³-hybridized carbons (Fsp3) is 0.409. The number of halogens is 2. The zero-order valence-corrected chi connectivity index (χ0v) is 19.3. The summed E-state index contributed by atoms with van der Waals surface area (Å²) >= 11 is 0. The van der Waals surface area contributed by atoms with Crippen LogP contribution in [0.4, 0.5) is 14.7 Å². The summed E-state index contributed by atoms with van der Waals surface area (Å²) in [5.74, 6) is -2.08. The average molecular weight is 495 g/mol. The second-order valence-corrected chi connectivity index (χ2v) is 10.4. The first-order valence-corrected chi connectivity index (χ1v) is 12.8. The number of aryl methyl sites for hydroxylation is 1. The van der Waals surface area contributed by atoms with Crippen LogP contribution in [0.5, 0.6) is 11.5 Å². The summed E-state index contributed by atoms with van der Waals surface area (Å²) in [7, 11) is -3.24. The van der Waals surface area contributed by atoms with Gasteiger partial charge in [0.05, 0.1) is 5.75 Å². The Bertz CT molecular complexity index is 1360. The van der Waals surface area contributed by atoms with E-state index in [2.05, 4.69) is 15.3 Å². The Balaban J connectivity index is 1.72. The number of hydrogen-bond donors (Lipinski definition) is 1. The molecule has 1 aliphatic rings. The molecule has 0 unspecified atom stereocenters. The van der Waals surface area contributed by atoms with Crippen LogP contribution < -0.4 is 15.6 Å². The van der Waals surface area contributed by atoms with Gasteiger partial charge >= 0.3 is 0 Å². The van der Waals surface area contributed by atoms with Gasteiger partial charge in [-0.2, -0.15) is 4.98 Å². The van der Waals surface area contributed by atoms with Crippen molar-refractivity contribution in [3.8, 4) is 11.5 Å². The van der Waals surface area contributed by atoms with Crippen LogP contribution in [0.15, 0.2) is 35.3 Å². The second-order valence-electron chi connectivity index (χ2n) is 8.13. The molecule has 0 radical (unpaired) electrons. The lowest BCUT2D eigenvalue weighted by Crippen LogP contribution is -2.29. The van der Waals surface area contributed by atoms with Crippen molar-refractivity contribution in [2.24, 2.45) is 0 Å². The Morgan fingerprint density at radius 3 is 2.68 bits per heavy atom. The van der Waals surface area contributed by atoms with E-state index in [0.29, 0.717) is 30.6 Å². The smallest absolute Gasteiger partial charge is 0.295 e. The van der Waals surface area contributed by atoms with Gasteiger partial charge in [-0.1, -0.05) is 0 Å². The quantitative estimate of drug-likeness (QED) is 0.509. The maximum atomic E-state index is 14.1. The number of nitrogens with zero attached hydrogens (tertiary/aromatic N) is 3. The Hall–Kier alpha value is -3.12. The van der Waals surface area contributed by atoms with Gasteiger partial charge in [0.1, 0.15) is 21.3 Å². The van der Waals surface area contributed by atoms with Gasteiger partial charge in [0.25, 0.3) is 5.56 Å². The molecule has 0 saturated carbocycles. The standard InChI is InChI=1S/C22H24F2N4O5S/c1-34(30,31)10-2-7-28-20-14(13-25-22(27-20)26-16-5-8-32-9-6-16)11-19(21(28)29)33-18-4-3-15(23)12-17(18)24/h3-4,11-13,16H,2,5-10H2,1H3,(H,25,26,27). The van der Waals surface area contributed by atoms with Crippen molar-refractivity contribution in [2.45, 2.75) is 31.8 Å². The molecule has 0 amide bonds. The first-order chi connectivity index (χ1) is 16.2. The second kappa shape index (κ2) is 10.0. The predicted octanol–water partition coefficient (Wildman–Crippen LogP) is 2.89. The summed E-state index contributed by atoms with van der Waals surface area (Å²) in [6.07, 6.45) is 4.36. The van der Waals surface area contributed by atoms with Crippen molar-refractivity contribution < 1.29 is 26.7 Å². The summed E-state index contributed by atoms with van der Waals surface area (Å²) in [6, 6.07) is 4.26. The topological polar surface area (TPSA) is 112 Å². The number of aromatic nitrogens is 3. The first-order valence-electron chi connectivity index (χ1n) is 10.7. The summed E-state index contributed by atoms with van der Waals surface area (Å²) in [6.45, 7) is 1.30. The summed E-state index contributed by atoms with van der Waals surface area (Å²) < 4.78 is 62.6. The number of ether oxygens (including phenoxy) is 2. The normalized spacial score (nSPS) is 14.9. The number of benzene rings is 1. The minimum atomic E-state index is -3.24. The Kier molecular flexibility index (Phi) is 7.08. The van der Waals surface area contributed by atoms with Gasteiger partial charge in [-0.15, -0.1) is 0 Å². The van der Waals surface area contributed by atoms with Crippen LogP contribution in [0.3, 0.4) is 0 Å². The highest BCUT2D eigenvalue weighted by molar-refractivity contribution is 7.90. The van der Waals surface area contributed by atoms with Crippen LogP contribution in [-0.4, -0.2) is 54.2 Å². The third-order valence-electron chi connectivity index (χ3n) is 5.36. The molecule has 2 aromatic heterocycles. The highest BCUT2D eigenvalue weighted by Crippen LogP contribution is 2.25. The number of hydrogen-bond acceptors (Lipinski definition) is 8. The van der Waals surface area contributed by atoms with Gasteiger partial charge < -0.3 is 14.8 Å². The highest BCUT2D eigenvalue weighted by atomic mass is 32.2. The lowest BCUT2D eigenvalue weighted by molar-refractivity contribution is 0.0903. The monoisotopic (exact) mass is 494 g/mol. The lowest BCUT2D eigenvalue weighted by Gasteiger charge is -2.23. The van der Waals surface area contributed by atoms with E-state index in [1.165, 1.54) is 16.8 Å². The van der Waals surface area contributed by atoms with E-state index in [0.717, 1.165) is 31.2 Å². The zero-order valence-electron chi connectivity index (χ0n) is 18.5. The van der Waals surface area contributed by atoms with Crippen LogP contribution in [0.25, 0.3) is 11.0 Å². The van der Waals surface area contributed by atoms with Crippen molar-refractivity contribution >= 4 is 26.8 Å². The Morgan fingerprint density at radius 1 is 1.21 bits per heavy atom. The molecule has 1 saturated heterocycles. The van der Waals surface area contributed by atoms with Gasteiger partial charge in [-0.05, 0) is 37.5 Å². The number of anilines is 1. The van der Waals surface area contributed by atoms with Crippen LogP contribution in [0.2, 0.25) is 0 Å². The summed E-state index contributed by atoms with van der Waals surface area (Å²) in [5.41, 5.74) is -0.338. The third-order valence-corrected chi connectivity index (χ3v) is 6.39. The molecule has 3 aromatic rings. The molecule has 3 heterocycles. The van der Waals surface area contributed by atoms with Crippen molar-refractivity contribution in [2.75, 3.05) is 30.5 Å². The van der Waals surface area contributed by atoms with Crippen LogP contribution >= 0.6 is 0 Å². The molecule has 1 aromatic carbocycles. The summed E-state index contributed by atoms with van der Waals surface area (Å²) in [4.78, 5) is 22.0. The van der Waals surface area contributed by atoms with E-state index in [9.17, 15) is 22.0 Å². The molecule has 4 rings (SSSR count). The van der Waals surface area contributed by atoms with Crippen molar-refractivity contribution in [3.05, 3.63) is 52.5 Å². The van der Waals surface area contributed by atoms with E-state index in [-0.39, 0.29) is 41.9 Å². The molecule has 182 valence electrons. The first kappa shape index (κ1) is 24.0. The number of pyridine rings is 1. The molecular weight excluding hydrogens is 470 g/mol. The van der Waals surface area contributed by atoms with Crippen LogP contribution in [0, 0.1) is 11.6 Å². The van der Waals surface area contributed by atoms with E-state index in [4.69, 9.17) is 9.47 Å². The van der Waals surface area contributed by atoms with Gasteiger partial charge in [0, 0.05) is 49.7 Å². The fourth-order valence-electron chi connectivity index (χ4n) is 3.67. The number of rotatable bonds is 8. The number of sulfone groups is 1. The number of nitrogens with one attached hydrogen (secondary N) is 1. The van der Waals surface area contributed by atoms with E-state index < -0.39 is 27.0 Å². The SMILES string of the molecule is CS(=O)(=O)CCCn1c(=O)c(Oc2ccc(F)cc2F)cc2cnc(NC3CCOCC3)nc21. The molecule has 1 fully saturated rings. The third kappa shape index (κ3) is 5.86. The van der Waals surface area contributed by atoms with Gasteiger partial charge in [0.2, 0.25) is 5.95 Å². The van der Waals surface area contributed by atoms with E-state index in [1.54, 1.807) is 0 Å².